The van der Waals surface area contributed by atoms with Gasteiger partial charge < -0.3 is 14.5 Å². The lowest BCUT2D eigenvalue weighted by atomic mass is 9.89. The lowest BCUT2D eigenvalue weighted by molar-refractivity contribution is -0.136. The number of esters is 1. The zero-order valence-electron chi connectivity index (χ0n) is 20.2. The molecule has 0 saturated carbocycles. The number of piperidine rings is 1. The molecular formula is C26H33N3O3S. The van der Waals surface area contributed by atoms with E-state index in [9.17, 15) is 9.59 Å². The Morgan fingerprint density at radius 1 is 1.24 bits per heavy atom. The third-order valence-corrected chi connectivity index (χ3v) is 7.69. The summed E-state index contributed by atoms with van der Waals surface area (Å²) in [6, 6.07) is 6.19. The molecule has 1 aromatic carbocycles. The quantitative estimate of drug-likeness (QED) is 0.555. The third kappa shape index (κ3) is 4.47. The first kappa shape index (κ1) is 23.6. The van der Waals surface area contributed by atoms with Gasteiger partial charge in [0.2, 0.25) is 5.91 Å². The molecule has 0 radical (unpaired) electrons. The van der Waals surface area contributed by atoms with Gasteiger partial charge in [0.15, 0.2) is 5.17 Å². The monoisotopic (exact) mass is 467 g/mol. The summed E-state index contributed by atoms with van der Waals surface area (Å²) in [5.74, 6) is -0.230. The number of thioether (sulfide) groups is 1. The van der Waals surface area contributed by atoms with Crippen molar-refractivity contribution in [1.82, 2.24) is 9.80 Å². The van der Waals surface area contributed by atoms with Crippen molar-refractivity contribution >= 4 is 28.8 Å². The summed E-state index contributed by atoms with van der Waals surface area (Å²) < 4.78 is 5.22. The fraction of sp³-hybridized carbons (Fsp3) is 0.500. The highest BCUT2D eigenvalue weighted by Gasteiger charge is 2.42. The van der Waals surface area contributed by atoms with E-state index >= 15 is 0 Å². The van der Waals surface area contributed by atoms with Crippen LogP contribution in [0.15, 0.2) is 45.6 Å². The number of aryl methyl sites for hydroxylation is 2. The molecule has 2 atom stereocenters. The summed E-state index contributed by atoms with van der Waals surface area (Å²) in [5, 5.41) is 2.84. The van der Waals surface area contributed by atoms with E-state index in [0.29, 0.717) is 18.4 Å². The predicted octanol–water partition coefficient (Wildman–Crippen LogP) is 5.23. The second-order valence-corrected chi connectivity index (χ2v) is 9.90. The fourth-order valence-electron chi connectivity index (χ4n) is 5.06. The van der Waals surface area contributed by atoms with Crippen LogP contribution < -0.4 is 0 Å². The van der Waals surface area contributed by atoms with Crippen molar-refractivity contribution in [1.29, 1.82) is 0 Å². The average molecular weight is 468 g/mol. The molecule has 0 aliphatic carbocycles. The molecule has 3 aliphatic heterocycles. The summed E-state index contributed by atoms with van der Waals surface area (Å²) >= 11 is 1.53. The summed E-state index contributed by atoms with van der Waals surface area (Å²) in [6.07, 6.45) is 4.21. The molecule has 0 spiro atoms. The second-order valence-electron chi connectivity index (χ2n) is 9.07. The topological polar surface area (TPSA) is 62.2 Å². The number of hydrogen-bond acceptors (Lipinski definition) is 6. The van der Waals surface area contributed by atoms with Gasteiger partial charge in [0.1, 0.15) is 0 Å². The van der Waals surface area contributed by atoms with Crippen molar-refractivity contribution in [2.24, 2.45) is 4.99 Å². The molecule has 33 heavy (non-hydrogen) atoms. The lowest BCUT2D eigenvalue weighted by Crippen LogP contribution is -2.43. The number of ether oxygens (including phenoxy) is 1. The molecule has 0 bridgehead atoms. The molecule has 3 heterocycles. The molecule has 1 aromatic rings. The standard InChI is InChI=1S/C26H33N3O3S/c1-6-21-23(25(31)32-5)24(20-11-10-16(2)13-17(20)3)29-19(15-33-26(29)27-21)14-22(30)28-12-8-7-9-18(28)4/h10-11,13,15,18,24H,6-9,12,14H2,1-5H3/t18-,24+/m0/s1. The van der Waals surface area contributed by atoms with Gasteiger partial charge in [0.05, 0.1) is 30.8 Å². The maximum Gasteiger partial charge on any atom is 0.338 e. The normalized spacial score (nSPS) is 22.7. The highest BCUT2D eigenvalue weighted by atomic mass is 32.2. The van der Waals surface area contributed by atoms with E-state index in [1.165, 1.54) is 30.9 Å². The summed E-state index contributed by atoms with van der Waals surface area (Å²) in [6.45, 7) is 9.09. The molecule has 0 aromatic heterocycles. The minimum Gasteiger partial charge on any atom is -0.466 e. The van der Waals surface area contributed by atoms with E-state index in [2.05, 4.69) is 43.9 Å². The van der Waals surface area contributed by atoms with Crippen LogP contribution >= 0.6 is 11.8 Å². The predicted molar refractivity (Wildman–Crippen MR) is 133 cm³/mol. The first-order chi connectivity index (χ1) is 15.8. The molecule has 4 rings (SSSR count). The number of amidine groups is 1. The van der Waals surface area contributed by atoms with E-state index in [1.807, 2.05) is 17.2 Å². The van der Waals surface area contributed by atoms with Crippen LogP contribution in [-0.4, -0.2) is 46.5 Å². The molecule has 176 valence electrons. The Kier molecular flexibility index (Phi) is 6.98. The molecule has 1 saturated heterocycles. The Morgan fingerprint density at radius 2 is 2.03 bits per heavy atom. The highest BCUT2D eigenvalue weighted by molar-refractivity contribution is 8.16. The van der Waals surface area contributed by atoms with Crippen LogP contribution in [0.1, 0.15) is 68.7 Å². The number of aliphatic imine (C=N–C) groups is 1. The molecule has 0 unspecified atom stereocenters. The van der Waals surface area contributed by atoms with E-state index in [4.69, 9.17) is 9.73 Å². The Labute approximate surface area is 200 Å². The number of carbonyl (C=O) groups is 2. The number of benzene rings is 1. The van der Waals surface area contributed by atoms with E-state index in [0.717, 1.165) is 47.1 Å². The van der Waals surface area contributed by atoms with Crippen LogP contribution in [0.25, 0.3) is 0 Å². The maximum atomic E-state index is 13.3. The summed E-state index contributed by atoms with van der Waals surface area (Å²) in [7, 11) is 1.41. The summed E-state index contributed by atoms with van der Waals surface area (Å²) in [5.41, 5.74) is 5.50. The number of carbonyl (C=O) groups excluding carboxylic acids is 2. The van der Waals surface area contributed by atoms with Crippen LogP contribution in [-0.2, 0) is 14.3 Å². The third-order valence-electron chi connectivity index (χ3n) is 6.80. The molecule has 3 aliphatic rings. The Morgan fingerprint density at radius 3 is 2.70 bits per heavy atom. The smallest absolute Gasteiger partial charge is 0.338 e. The van der Waals surface area contributed by atoms with Crippen molar-refractivity contribution < 1.29 is 14.3 Å². The van der Waals surface area contributed by atoms with E-state index in [1.54, 1.807) is 0 Å². The Hall–Kier alpha value is -2.54. The summed E-state index contributed by atoms with van der Waals surface area (Å²) in [4.78, 5) is 35.2. The first-order valence-electron chi connectivity index (χ1n) is 11.8. The number of methoxy groups -OCH3 is 1. The molecule has 7 heteroatoms. The highest BCUT2D eigenvalue weighted by Crippen LogP contribution is 2.46. The molecule has 0 N–H and O–H groups in total. The first-order valence-corrected chi connectivity index (χ1v) is 12.6. The van der Waals surface area contributed by atoms with Gasteiger partial charge in [-0.25, -0.2) is 9.79 Å². The van der Waals surface area contributed by atoms with Crippen molar-refractivity contribution in [2.75, 3.05) is 13.7 Å². The van der Waals surface area contributed by atoms with Gasteiger partial charge in [-0.2, -0.15) is 0 Å². The molecule has 1 fully saturated rings. The van der Waals surface area contributed by atoms with Gasteiger partial charge >= 0.3 is 5.97 Å². The number of hydrogen-bond donors (Lipinski definition) is 0. The fourth-order valence-corrected chi connectivity index (χ4v) is 6.00. The number of nitrogens with zero attached hydrogens (tertiary/aromatic N) is 3. The number of likely N-dealkylation sites (tertiary alicyclic amines) is 1. The molecule has 6 nitrogen and oxygen atoms in total. The van der Waals surface area contributed by atoms with Crippen molar-refractivity contribution in [3.63, 3.8) is 0 Å². The van der Waals surface area contributed by atoms with E-state index in [-0.39, 0.29) is 24.0 Å². The van der Waals surface area contributed by atoms with Crippen LogP contribution in [0.4, 0.5) is 0 Å². The Balaban J connectivity index is 1.75. The van der Waals surface area contributed by atoms with Crippen LogP contribution in [0.5, 0.6) is 0 Å². The van der Waals surface area contributed by atoms with Gasteiger partial charge in [-0.15, -0.1) is 0 Å². The van der Waals surface area contributed by atoms with Gasteiger partial charge in [-0.3, -0.25) is 4.79 Å². The number of fused-ring (bicyclic) bond motifs is 1. The van der Waals surface area contributed by atoms with Crippen LogP contribution in [0.2, 0.25) is 0 Å². The number of amides is 1. The minimum atomic E-state index is -0.369. The SMILES string of the molecule is CCC1=C(C(=O)OC)[C@@H](c2ccc(C)cc2C)N2C(CC(=O)N3CCCC[C@@H]3C)=CSC2=N1. The number of allylic oxidation sites excluding steroid dienone is 1. The van der Waals surface area contributed by atoms with Crippen LogP contribution in [0, 0.1) is 13.8 Å². The second kappa shape index (κ2) is 9.75. The van der Waals surface area contributed by atoms with Crippen molar-refractivity contribution in [2.45, 2.75) is 71.9 Å². The largest absolute Gasteiger partial charge is 0.466 e. The van der Waals surface area contributed by atoms with Gasteiger partial charge in [0, 0.05) is 18.3 Å². The van der Waals surface area contributed by atoms with Crippen molar-refractivity contribution in [3.8, 4) is 0 Å². The van der Waals surface area contributed by atoms with Gasteiger partial charge in [-0.1, -0.05) is 42.4 Å². The van der Waals surface area contributed by atoms with Crippen molar-refractivity contribution in [3.05, 3.63) is 57.3 Å². The molecule has 1 amide bonds. The lowest BCUT2D eigenvalue weighted by Gasteiger charge is -2.38. The maximum absolute atomic E-state index is 13.3. The average Bonchev–Trinajstić information content (AvgIpc) is 3.20. The van der Waals surface area contributed by atoms with Gasteiger partial charge in [0.25, 0.3) is 0 Å². The van der Waals surface area contributed by atoms with Crippen LogP contribution in [0.3, 0.4) is 0 Å². The minimum absolute atomic E-state index is 0.138. The zero-order chi connectivity index (χ0) is 23.7. The number of rotatable bonds is 5. The zero-order valence-corrected chi connectivity index (χ0v) is 21.0. The van der Waals surface area contributed by atoms with Gasteiger partial charge in [-0.05, 0) is 63.0 Å². The van der Waals surface area contributed by atoms with E-state index < -0.39 is 0 Å². The Bertz CT molecular complexity index is 1060. The molecular weight excluding hydrogens is 434 g/mol.